The van der Waals surface area contributed by atoms with E-state index in [2.05, 4.69) is 41.4 Å². The SMILES string of the molecule is CN=C(NCC1CCN(C)CC1)NCC(C)(C)c1cccc(F)c1. The van der Waals surface area contributed by atoms with Gasteiger partial charge in [-0.1, -0.05) is 26.0 Å². The van der Waals surface area contributed by atoms with Crippen LogP contribution in [0, 0.1) is 11.7 Å². The molecular formula is C19H31FN4. The van der Waals surface area contributed by atoms with Gasteiger partial charge in [0.1, 0.15) is 5.82 Å². The molecule has 1 heterocycles. The van der Waals surface area contributed by atoms with Gasteiger partial charge < -0.3 is 15.5 Å². The van der Waals surface area contributed by atoms with Gasteiger partial charge in [-0.25, -0.2) is 4.39 Å². The molecule has 0 amide bonds. The number of guanidine groups is 1. The molecule has 4 nitrogen and oxygen atoms in total. The third kappa shape index (κ3) is 5.48. The summed E-state index contributed by atoms with van der Waals surface area (Å²) in [5.74, 6) is 1.33. The molecule has 2 N–H and O–H groups in total. The van der Waals surface area contributed by atoms with Crippen LogP contribution in [0.1, 0.15) is 32.3 Å². The predicted molar refractivity (Wildman–Crippen MR) is 99.0 cm³/mol. The number of halogens is 1. The minimum absolute atomic E-state index is 0.173. The molecule has 2 rings (SSSR count). The normalized spacial score (nSPS) is 17.8. The molecule has 1 aliphatic rings. The Bertz CT molecular complexity index is 548. The standard InChI is InChI=1S/C19H31FN4/c1-19(2,16-6-5-7-17(20)12-16)14-23-18(21-3)22-13-15-8-10-24(4)11-9-15/h5-7,12,15H,8-11,13-14H2,1-4H3,(H2,21,22,23). The molecule has 5 heteroatoms. The number of piperidine rings is 1. The summed E-state index contributed by atoms with van der Waals surface area (Å²) in [5.41, 5.74) is 0.813. The minimum Gasteiger partial charge on any atom is -0.356 e. The van der Waals surface area contributed by atoms with Crippen molar-refractivity contribution in [2.45, 2.75) is 32.1 Å². The lowest BCUT2D eigenvalue weighted by Gasteiger charge is -2.30. The first-order chi connectivity index (χ1) is 11.4. The Labute approximate surface area is 145 Å². The zero-order chi connectivity index (χ0) is 17.6. The fourth-order valence-electron chi connectivity index (χ4n) is 3.04. The molecule has 1 aromatic rings. The number of nitrogens with zero attached hydrogens (tertiary/aromatic N) is 2. The summed E-state index contributed by atoms with van der Waals surface area (Å²) in [6.45, 7) is 8.21. The lowest BCUT2D eigenvalue weighted by Crippen LogP contribution is -2.45. The highest BCUT2D eigenvalue weighted by Crippen LogP contribution is 2.22. The molecule has 1 fully saturated rings. The second-order valence-electron chi connectivity index (χ2n) is 7.45. The first kappa shape index (κ1) is 18.7. The third-order valence-corrected chi connectivity index (χ3v) is 4.92. The van der Waals surface area contributed by atoms with Crippen molar-refractivity contribution in [1.29, 1.82) is 0 Å². The van der Waals surface area contributed by atoms with E-state index in [-0.39, 0.29) is 11.2 Å². The average Bonchev–Trinajstić information content (AvgIpc) is 2.56. The zero-order valence-corrected chi connectivity index (χ0v) is 15.4. The predicted octanol–water partition coefficient (Wildman–Crippen LogP) is 2.61. The quantitative estimate of drug-likeness (QED) is 0.642. The summed E-state index contributed by atoms with van der Waals surface area (Å²) in [7, 11) is 3.97. The zero-order valence-electron chi connectivity index (χ0n) is 15.4. The van der Waals surface area contributed by atoms with Gasteiger partial charge in [0.2, 0.25) is 0 Å². The van der Waals surface area contributed by atoms with Crippen molar-refractivity contribution in [1.82, 2.24) is 15.5 Å². The second-order valence-corrected chi connectivity index (χ2v) is 7.45. The van der Waals surface area contributed by atoms with Crippen molar-refractivity contribution in [3.05, 3.63) is 35.6 Å². The van der Waals surface area contributed by atoms with E-state index >= 15 is 0 Å². The van der Waals surface area contributed by atoms with Crippen LogP contribution in [0.4, 0.5) is 4.39 Å². The second kappa shape index (κ2) is 8.47. The fourth-order valence-corrected chi connectivity index (χ4v) is 3.04. The van der Waals surface area contributed by atoms with Crippen LogP contribution in [0.3, 0.4) is 0 Å². The maximum Gasteiger partial charge on any atom is 0.191 e. The molecule has 134 valence electrons. The number of rotatable bonds is 5. The van der Waals surface area contributed by atoms with Gasteiger partial charge in [-0.05, 0) is 56.6 Å². The summed E-state index contributed by atoms with van der Waals surface area (Å²) in [6, 6.07) is 6.82. The van der Waals surface area contributed by atoms with E-state index < -0.39 is 0 Å². The molecule has 0 unspecified atom stereocenters. The Hall–Kier alpha value is -1.62. The highest BCUT2D eigenvalue weighted by atomic mass is 19.1. The van der Waals surface area contributed by atoms with Crippen LogP contribution in [0.5, 0.6) is 0 Å². The molecule has 0 aromatic heterocycles. The number of aliphatic imine (C=N–C) groups is 1. The van der Waals surface area contributed by atoms with E-state index in [4.69, 9.17) is 0 Å². The summed E-state index contributed by atoms with van der Waals surface area (Å²) >= 11 is 0. The summed E-state index contributed by atoms with van der Waals surface area (Å²) in [4.78, 5) is 6.69. The van der Waals surface area contributed by atoms with Crippen LogP contribution in [0.2, 0.25) is 0 Å². The van der Waals surface area contributed by atoms with E-state index in [0.717, 1.165) is 18.1 Å². The molecule has 1 saturated heterocycles. The van der Waals surface area contributed by atoms with Gasteiger partial charge in [-0.3, -0.25) is 4.99 Å². The van der Waals surface area contributed by atoms with Crippen LogP contribution >= 0.6 is 0 Å². The van der Waals surface area contributed by atoms with Crippen molar-refractivity contribution in [2.75, 3.05) is 40.3 Å². The first-order valence-electron chi connectivity index (χ1n) is 8.80. The lowest BCUT2D eigenvalue weighted by molar-refractivity contribution is 0.220. The Morgan fingerprint density at radius 3 is 2.62 bits per heavy atom. The summed E-state index contributed by atoms with van der Waals surface area (Å²) in [6.07, 6.45) is 2.46. The van der Waals surface area contributed by atoms with Gasteiger partial charge in [0, 0.05) is 25.6 Å². The van der Waals surface area contributed by atoms with Crippen LogP contribution in [0.15, 0.2) is 29.3 Å². The van der Waals surface area contributed by atoms with E-state index in [1.165, 1.54) is 32.0 Å². The lowest BCUT2D eigenvalue weighted by atomic mass is 9.84. The highest BCUT2D eigenvalue weighted by Gasteiger charge is 2.22. The Morgan fingerprint density at radius 1 is 1.29 bits per heavy atom. The average molecular weight is 334 g/mol. The molecule has 0 radical (unpaired) electrons. The maximum absolute atomic E-state index is 13.5. The molecule has 0 spiro atoms. The van der Waals surface area contributed by atoms with Crippen LogP contribution in [-0.4, -0.2) is 51.1 Å². The van der Waals surface area contributed by atoms with E-state index in [0.29, 0.717) is 12.5 Å². The van der Waals surface area contributed by atoms with Crippen molar-refractivity contribution in [3.63, 3.8) is 0 Å². The van der Waals surface area contributed by atoms with Crippen molar-refractivity contribution in [3.8, 4) is 0 Å². The largest absolute Gasteiger partial charge is 0.356 e. The number of hydrogen-bond donors (Lipinski definition) is 2. The number of benzene rings is 1. The van der Waals surface area contributed by atoms with Crippen molar-refractivity contribution < 1.29 is 4.39 Å². The maximum atomic E-state index is 13.5. The van der Waals surface area contributed by atoms with Gasteiger partial charge in [0.15, 0.2) is 5.96 Å². The van der Waals surface area contributed by atoms with E-state index in [1.807, 2.05) is 6.07 Å². The molecule has 0 bridgehead atoms. The number of hydrogen-bond acceptors (Lipinski definition) is 2. The van der Waals surface area contributed by atoms with Crippen molar-refractivity contribution >= 4 is 5.96 Å². The molecular weight excluding hydrogens is 303 g/mol. The fraction of sp³-hybridized carbons (Fsp3) is 0.632. The number of likely N-dealkylation sites (tertiary alicyclic amines) is 1. The molecule has 24 heavy (non-hydrogen) atoms. The minimum atomic E-state index is -0.189. The van der Waals surface area contributed by atoms with Gasteiger partial charge in [-0.15, -0.1) is 0 Å². The smallest absolute Gasteiger partial charge is 0.191 e. The van der Waals surface area contributed by atoms with Gasteiger partial charge >= 0.3 is 0 Å². The molecule has 1 aromatic carbocycles. The molecule has 0 atom stereocenters. The monoisotopic (exact) mass is 334 g/mol. The Balaban J connectivity index is 1.82. The summed E-state index contributed by atoms with van der Waals surface area (Å²) < 4.78 is 13.5. The highest BCUT2D eigenvalue weighted by molar-refractivity contribution is 5.79. The molecule has 1 aliphatic heterocycles. The summed E-state index contributed by atoms with van der Waals surface area (Å²) in [5, 5.41) is 6.82. The van der Waals surface area contributed by atoms with Crippen LogP contribution in [0.25, 0.3) is 0 Å². The van der Waals surface area contributed by atoms with Crippen molar-refractivity contribution in [2.24, 2.45) is 10.9 Å². The van der Waals surface area contributed by atoms with Gasteiger partial charge in [0.25, 0.3) is 0 Å². The third-order valence-electron chi connectivity index (χ3n) is 4.92. The van der Waals surface area contributed by atoms with E-state index in [1.54, 1.807) is 19.2 Å². The van der Waals surface area contributed by atoms with Gasteiger partial charge in [-0.2, -0.15) is 0 Å². The number of nitrogens with one attached hydrogen (secondary N) is 2. The Morgan fingerprint density at radius 2 is 2.00 bits per heavy atom. The topological polar surface area (TPSA) is 39.7 Å². The molecule has 0 aliphatic carbocycles. The van der Waals surface area contributed by atoms with Gasteiger partial charge in [0.05, 0.1) is 0 Å². The van der Waals surface area contributed by atoms with Crippen LogP contribution in [-0.2, 0) is 5.41 Å². The van der Waals surface area contributed by atoms with E-state index in [9.17, 15) is 4.39 Å². The molecule has 0 saturated carbocycles. The first-order valence-corrected chi connectivity index (χ1v) is 8.80. The van der Waals surface area contributed by atoms with Crippen LogP contribution < -0.4 is 10.6 Å². The Kier molecular flexibility index (Phi) is 6.60.